The molecule has 3 nitrogen and oxygen atoms in total. The lowest BCUT2D eigenvalue weighted by Gasteiger charge is -2.42. The molecule has 1 saturated heterocycles. The number of benzene rings is 1. The van der Waals surface area contributed by atoms with E-state index < -0.39 is 0 Å². The lowest BCUT2D eigenvalue weighted by atomic mass is 9.95. The minimum atomic E-state index is -0.146. The highest BCUT2D eigenvalue weighted by Crippen LogP contribution is 2.29. The summed E-state index contributed by atoms with van der Waals surface area (Å²) in [5, 5.41) is 3.55. The van der Waals surface area contributed by atoms with Crippen LogP contribution in [0, 0.1) is 5.82 Å². The first kappa shape index (κ1) is 16.9. The molecule has 5 heteroatoms. The van der Waals surface area contributed by atoms with E-state index in [4.69, 9.17) is 0 Å². The molecule has 0 bridgehead atoms. The third-order valence-corrected chi connectivity index (χ3v) is 4.83. The molecule has 1 aliphatic rings. The fourth-order valence-electron chi connectivity index (χ4n) is 2.92. The van der Waals surface area contributed by atoms with Gasteiger partial charge in [0.15, 0.2) is 0 Å². The molecule has 2 rings (SSSR count). The average Bonchev–Trinajstić information content (AvgIpc) is 2.47. The van der Waals surface area contributed by atoms with Crippen LogP contribution in [-0.2, 0) is 0 Å². The Labute approximate surface area is 135 Å². The fourth-order valence-corrected chi connectivity index (χ4v) is 3.30. The number of hydrogen-bond acceptors (Lipinski definition) is 3. The zero-order valence-corrected chi connectivity index (χ0v) is 14.7. The van der Waals surface area contributed by atoms with Gasteiger partial charge in [-0.15, -0.1) is 0 Å². The second-order valence-corrected chi connectivity index (χ2v) is 6.74. The molecule has 1 fully saturated rings. The molecule has 0 radical (unpaired) electrons. The van der Waals surface area contributed by atoms with E-state index in [2.05, 4.69) is 52.1 Å². The number of nitrogens with zero attached hydrogens (tertiary/aromatic N) is 2. The minimum absolute atomic E-state index is 0.00944. The summed E-state index contributed by atoms with van der Waals surface area (Å²) < 4.78 is 15.1. The van der Waals surface area contributed by atoms with Gasteiger partial charge in [-0.25, -0.2) is 4.39 Å². The van der Waals surface area contributed by atoms with Gasteiger partial charge in [-0.05, 0) is 49.1 Å². The Hall–Kier alpha value is -0.490. The second-order valence-electron chi connectivity index (χ2n) is 5.89. The van der Waals surface area contributed by atoms with Crippen LogP contribution >= 0.6 is 15.9 Å². The first-order valence-electron chi connectivity index (χ1n) is 7.60. The Bertz CT molecular complexity index is 469. The summed E-state index contributed by atoms with van der Waals surface area (Å²) in [6, 6.07) is 5.85. The molecule has 0 aliphatic carbocycles. The monoisotopic (exact) mass is 357 g/mol. The third-order valence-electron chi connectivity index (χ3n) is 4.21. The van der Waals surface area contributed by atoms with E-state index in [1.54, 1.807) is 6.07 Å². The summed E-state index contributed by atoms with van der Waals surface area (Å²) >= 11 is 3.31. The van der Waals surface area contributed by atoms with Gasteiger partial charge in [-0.3, -0.25) is 4.90 Å². The molecule has 1 heterocycles. The Kier molecular flexibility index (Phi) is 6.17. The van der Waals surface area contributed by atoms with Gasteiger partial charge in [0.1, 0.15) is 5.82 Å². The van der Waals surface area contributed by atoms with Gasteiger partial charge in [-0.2, -0.15) is 0 Å². The van der Waals surface area contributed by atoms with E-state index in [9.17, 15) is 4.39 Å². The number of halogens is 2. The molecule has 1 aliphatic heterocycles. The maximum atomic E-state index is 14.5. The Morgan fingerprint density at radius 3 is 2.86 bits per heavy atom. The van der Waals surface area contributed by atoms with Gasteiger partial charge >= 0.3 is 0 Å². The van der Waals surface area contributed by atoms with Crippen LogP contribution in [0.25, 0.3) is 0 Å². The van der Waals surface area contributed by atoms with Gasteiger partial charge in [0.2, 0.25) is 0 Å². The lowest BCUT2D eigenvalue weighted by Crippen LogP contribution is -2.55. The zero-order chi connectivity index (χ0) is 15.4. The molecular weight excluding hydrogens is 333 g/mol. The van der Waals surface area contributed by atoms with Crippen molar-refractivity contribution in [2.24, 2.45) is 0 Å². The Morgan fingerprint density at radius 2 is 2.14 bits per heavy atom. The summed E-state index contributed by atoms with van der Waals surface area (Å²) in [4.78, 5) is 4.66. The number of likely N-dealkylation sites (N-methyl/N-ethyl adjacent to an activating group) is 2. The van der Waals surface area contributed by atoms with Gasteiger partial charge in [-0.1, -0.05) is 19.1 Å². The Balaban J connectivity index is 2.30. The highest BCUT2D eigenvalue weighted by Gasteiger charge is 2.32. The summed E-state index contributed by atoms with van der Waals surface area (Å²) in [5.74, 6) is -0.146. The van der Waals surface area contributed by atoms with Crippen LogP contribution in [-0.4, -0.2) is 56.1 Å². The normalized spacial score (nSPS) is 22.4. The molecule has 21 heavy (non-hydrogen) atoms. The van der Waals surface area contributed by atoms with Crippen molar-refractivity contribution in [1.82, 2.24) is 15.1 Å². The van der Waals surface area contributed by atoms with Crippen LogP contribution in [0.2, 0.25) is 0 Å². The second kappa shape index (κ2) is 7.68. The lowest BCUT2D eigenvalue weighted by molar-refractivity contribution is 0.0866. The van der Waals surface area contributed by atoms with E-state index in [-0.39, 0.29) is 17.9 Å². The van der Waals surface area contributed by atoms with Crippen LogP contribution in [0.3, 0.4) is 0 Å². The molecule has 0 saturated carbocycles. The van der Waals surface area contributed by atoms with Crippen LogP contribution in [0.4, 0.5) is 4.39 Å². The predicted octanol–water partition coefficient (Wildman–Crippen LogP) is 2.87. The van der Waals surface area contributed by atoms with Gasteiger partial charge in [0.05, 0.1) is 10.5 Å². The number of piperazine rings is 1. The Morgan fingerprint density at radius 1 is 1.38 bits per heavy atom. The predicted molar refractivity (Wildman–Crippen MR) is 89.0 cm³/mol. The highest BCUT2D eigenvalue weighted by molar-refractivity contribution is 9.10. The van der Waals surface area contributed by atoms with E-state index in [0.717, 1.165) is 38.2 Å². The summed E-state index contributed by atoms with van der Waals surface area (Å²) in [7, 11) is 4.27. The highest BCUT2D eigenvalue weighted by atomic mass is 79.9. The van der Waals surface area contributed by atoms with Crippen molar-refractivity contribution in [3.05, 3.63) is 34.1 Å². The zero-order valence-electron chi connectivity index (χ0n) is 13.1. The van der Waals surface area contributed by atoms with Crippen molar-refractivity contribution in [2.75, 3.05) is 40.3 Å². The van der Waals surface area contributed by atoms with Crippen LogP contribution < -0.4 is 5.32 Å². The molecule has 0 amide bonds. The van der Waals surface area contributed by atoms with E-state index in [1.807, 2.05) is 12.1 Å². The molecular formula is C16H25BrFN3. The number of nitrogens with one attached hydrogen (secondary N) is 1. The smallest absolute Gasteiger partial charge is 0.142 e. The quantitative estimate of drug-likeness (QED) is 0.873. The van der Waals surface area contributed by atoms with Gasteiger partial charge in [0, 0.05) is 31.2 Å². The molecule has 2 atom stereocenters. The number of rotatable bonds is 5. The van der Waals surface area contributed by atoms with E-state index in [0.29, 0.717) is 4.47 Å². The van der Waals surface area contributed by atoms with Crippen molar-refractivity contribution in [1.29, 1.82) is 0 Å². The molecule has 1 aromatic rings. The van der Waals surface area contributed by atoms with Crippen molar-refractivity contribution in [2.45, 2.75) is 25.4 Å². The standard InChI is InChI=1S/C16H25BrFN3/c1-4-8-19-16(12-6-5-7-13(17)15(12)18)14-11-20(2)9-10-21(14)3/h5-7,14,16,19H,4,8-11H2,1-3H3. The van der Waals surface area contributed by atoms with Crippen LogP contribution in [0.5, 0.6) is 0 Å². The maximum absolute atomic E-state index is 14.5. The van der Waals surface area contributed by atoms with Crippen LogP contribution in [0.15, 0.2) is 22.7 Å². The molecule has 0 spiro atoms. The molecule has 1 N–H and O–H groups in total. The molecule has 1 aromatic carbocycles. The van der Waals surface area contributed by atoms with E-state index >= 15 is 0 Å². The summed E-state index contributed by atoms with van der Waals surface area (Å²) in [5.41, 5.74) is 0.755. The maximum Gasteiger partial charge on any atom is 0.142 e. The van der Waals surface area contributed by atoms with Crippen molar-refractivity contribution >= 4 is 15.9 Å². The third kappa shape index (κ3) is 4.03. The SMILES string of the molecule is CCCNC(c1cccc(Br)c1F)C1CN(C)CCN1C. The topological polar surface area (TPSA) is 18.5 Å². The fraction of sp³-hybridized carbons (Fsp3) is 0.625. The molecule has 118 valence electrons. The number of hydrogen-bond donors (Lipinski definition) is 1. The minimum Gasteiger partial charge on any atom is -0.309 e. The summed E-state index contributed by atoms with van der Waals surface area (Å²) in [6.07, 6.45) is 1.04. The van der Waals surface area contributed by atoms with Crippen molar-refractivity contribution in [3.63, 3.8) is 0 Å². The average molecular weight is 358 g/mol. The largest absolute Gasteiger partial charge is 0.309 e. The van der Waals surface area contributed by atoms with Crippen molar-refractivity contribution in [3.8, 4) is 0 Å². The first-order valence-corrected chi connectivity index (χ1v) is 8.40. The van der Waals surface area contributed by atoms with E-state index in [1.165, 1.54) is 0 Å². The van der Waals surface area contributed by atoms with Gasteiger partial charge < -0.3 is 10.2 Å². The summed E-state index contributed by atoms with van der Waals surface area (Å²) in [6.45, 7) is 6.06. The van der Waals surface area contributed by atoms with Gasteiger partial charge in [0.25, 0.3) is 0 Å². The molecule has 0 aromatic heterocycles. The molecule has 2 unspecified atom stereocenters. The van der Waals surface area contributed by atoms with Crippen LogP contribution in [0.1, 0.15) is 24.9 Å². The van der Waals surface area contributed by atoms with Crippen molar-refractivity contribution < 1.29 is 4.39 Å². The first-order chi connectivity index (χ1) is 10.0.